The lowest BCUT2D eigenvalue weighted by molar-refractivity contribution is -0.0445. The van der Waals surface area contributed by atoms with Gasteiger partial charge in [-0.15, -0.1) is 0 Å². The van der Waals surface area contributed by atoms with Crippen LogP contribution < -0.4 is 39.5 Å². The lowest BCUT2D eigenvalue weighted by Crippen LogP contribution is -2.45. The van der Waals surface area contributed by atoms with E-state index < -0.39 is 11.6 Å². The van der Waals surface area contributed by atoms with Crippen molar-refractivity contribution >= 4 is 24.0 Å². The third-order valence-corrected chi connectivity index (χ3v) is 14.2. The lowest BCUT2D eigenvalue weighted by atomic mass is 9.86. The maximum absolute atomic E-state index is 14.2. The molecule has 4 aromatic carbocycles. The van der Waals surface area contributed by atoms with Gasteiger partial charge in [0.15, 0.2) is 23.0 Å². The molecule has 13 heteroatoms. The molecule has 0 spiro atoms. The number of methoxy groups -OCH3 is 2. The summed E-state index contributed by atoms with van der Waals surface area (Å²) in [5.41, 5.74) is 11.8. The predicted octanol–water partition coefficient (Wildman–Crippen LogP) is 10.2. The summed E-state index contributed by atoms with van der Waals surface area (Å²) < 4.78 is 34.9. The quantitative estimate of drug-likeness (QED) is 0.111. The van der Waals surface area contributed by atoms with Gasteiger partial charge < -0.3 is 49.3 Å². The van der Waals surface area contributed by atoms with Crippen molar-refractivity contribution in [1.29, 1.82) is 0 Å². The first-order valence-corrected chi connectivity index (χ1v) is 26.0. The number of likely N-dealkylation sites (tertiary alicyclic amines) is 1. The van der Waals surface area contributed by atoms with Crippen molar-refractivity contribution in [1.82, 2.24) is 20.0 Å². The molecule has 9 rings (SSSR count). The molecule has 2 saturated heterocycles. The Labute approximate surface area is 427 Å². The van der Waals surface area contributed by atoms with E-state index in [0.717, 1.165) is 74.0 Å². The molecular formula is C59H77N5O8. The summed E-state index contributed by atoms with van der Waals surface area (Å²) in [5.74, 6) is 2.22. The highest BCUT2D eigenvalue weighted by atomic mass is 16.7. The fraction of sp³-hybridized carbons (Fsp3) is 0.492. The molecule has 1 aliphatic carbocycles. The summed E-state index contributed by atoms with van der Waals surface area (Å²) in [6.45, 7) is 17.2. The predicted molar refractivity (Wildman–Crippen MR) is 284 cm³/mol. The molecule has 1 saturated carbocycles. The Morgan fingerprint density at radius 2 is 1.18 bits per heavy atom. The smallest absolute Gasteiger partial charge is 0.254 e. The number of rotatable bonds is 16. The maximum Gasteiger partial charge on any atom is 0.254 e. The maximum atomic E-state index is 14.2. The van der Waals surface area contributed by atoms with Crippen LogP contribution in [0.2, 0.25) is 0 Å². The van der Waals surface area contributed by atoms with Crippen molar-refractivity contribution in [2.75, 3.05) is 60.0 Å². The monoisotopic (exact) mass is 984 g/mol. The highest BCUT2D eigenvalue weighted by Crippen LogP contribution is 2.48. The van der Waals surface area contributed by atoms with E-state index in [9.17, 15) is 9.59 Å². The van der Waals surface area contributed by atoms with Crippen LogP contribution in [0.5, 0.6) is 34.5 Å². The summed E-state index contributed by atoms with van der Waals surface area (Å²) in [7, 11) is 3.17. The molecule has 0 unspecified atom stereocenters. The zero-order chi connectivity index (χ0) is 51.0. The fourth-order valence-electron chi connectivity index (χ4n) is 10.8. The first kappa shape index (κ1) is 52.3. The Balaban J connectivity index is 0.000000197. The summed E-state index contributed by atoms with van der Waals surface area (Å²) in [6.07, 6.45) is 13.5. The standard InChI is InChI=1S/C33H45N3O4.C26H32N2O4/c1-23(17-24-9-6-5-7-10-24)20-36(22-28-11-8-16-35(28)21-25-12-14-27(34)15-13-25)32(37)26-18-29(38-4)31-30(19-26)39-33(2,3)40-31;1-18(13-19-9-6-5-7-10-19)16-28(17-21-11-8-12-27-21)25(29)20-14-22(30-4)24-23(15-20)31-26(2,3)32-24/h5-7,9-10,17-19,25,27-28H,8,11-16,20-22,34H2,1-4H3;5-7,9-10,13-15,21,27H,8,11-12,16-17H2,1-4H3/b23-17+;18-13+/t25?,27?,28-;21-/m00/s1. The zero-order valence-electron chi connectivity index (χ0n) is 43.8. The third kappa shape index (κ3) is 13.5. The molecule has 0 radical (unpaired) electrons. The van der Waals surface area contributed by atoms with Gasteiger partial charge in [0, 0.05) is 89.7 Å². The van der Waals surface area contributed by atoms with Crippen LogP contribution >= 0.6 is 0 Å². The number of hydrogen-bond acceptors (Lipinski definition) is 11. The van der Waals surface area contributed by atoms with Gasteiger partial charge in [-0.1, -0.05) is 84.0 Å². The van der Waals surface area contributed by atoms with E-state index >= 15 is 0 Å². The molecule has 3 N–H and O–H groups in total. The fourth-order valence-corrected chi connectivity index (χ4v) is 10.8. The molecule has 5 aliphatic rings. The van der Waals surface area contributed by atoms with Gasteiger partial charge in [-0.2, -0.15) is 0 Å². The Bertz CT molecular complexity index is 2550. The van der Waals surface area contributed by atoms with E-state index in [1.54, 1.807) is 38.5 Å². The SMILES string of the molecule is COc1cc(C(=O)N(C/C(C)=C/c2ccccc2)C[C@@H]2CCCN2)cc2c1OC(C)(C)O2.COc1cc(C(=O)N(C/C(C)=C/c2ccccc2)C[C@@H]2CCCN2CC2CCC(N)CC2)cc2c1OC(C)(C)O2. The Kier molecular flexibility index (Phi) is 16.9. The third-order valence-electron chi connectivity index (χ3n) is 14.2. The highest BCUT2D eigenvalue weighted by Gasteiger charge is 2.38. The van der Waals surface area contributed by atoms with Crippen molar-refractivity contribution in [3.63, 3.8) is 0 Å². The number of benzene rings is 4. The first-order valence-electron chi connectivity index (χ1n) is 26.0. The van der Waals surface area contributed by atoms with Crippen molar-refractivity contribution in [2.45, 2.75) is 123 Å². The molecule has 0 aromatic heterocycles. The number of nitrogens with two attached hydrogens (primary N) is 1. The van der Waals surface area contributed by atoms with Crippen LogP contribution in [0, 0.1) is 5.92 Å². The second-order valence-corrected chi connectivity index (χ2v) is 21.3. The molecule has 386 valence electrons. The largest absolute Gasteiger partial charge is 0.493 e. The Morgan fingerprint density at radius 1 is 0.681 bits per heavy atom. The van der Waals surface area contributed by atoms with Crippen molar-refractivity contribution in [3.05, 3.63) is 118 Å². The number of carbonyl (C=O) groups is 2. The summed E-state index contributed by atoms with van der Waals surface area (Å²) in [5, 5.41) is 3.51. The van der Waals surface area contributed by atoms with Gasteiger partial charge in [-0.05, 0) is 120 Å². The van der Waals surface area contributed by atoms with Gasteiger partial charge in [0.2, 0.25) is 23.1 Å². The molecule has 3 fully saturated rings. The molecule has 4 heterocycles. The average molecular weight is 984 g/mol. The van der Waals surface area contributed by atoms with Crippen LogP contribution in [-0.4, -0.2) is 116 Å². The molecular weight excluding hydrogens is 907 g/mol. The zero-order valence-corrected chi connectivity index (χ0v) is 43.8. The van der Waals surface area contributed by atoms with Crippen LogP contribution in [0.1, 0.15) is 125 Å². The van der Waals surface area contributed by atoms with E-state index in [1.807, 2.05) is 73.9 Å². The number of nitrogens with zero attached hydrogens (tertiary/aromatic N) is 3. The first-order chi connectivity index (χ1) is 34.5. The molecule has 72 heavy (non-hydrogen) atoms. The minimum absolute atomic E-state index is 0.0225. The topological polar surface area (TPSA) is 137 Å². The number of carbonyl (C=O) groups excluding carboxylic acids is 2. The van der Waals surface area contributed by atoms with Crippen LogP contribution in [0.4, 0.5) is 0 Å². The minimum atomic E-state index is -0.806. The second kappa shape index (κ2) is 23.2. The summed E-state index contributed by atoms with van der Waals surface area (Å²) in [4.78, 5) is 34.4. The van der Waals surface area contributed by atoms with E-state index in [4.69, 9.17) is 34.2 Å². The van der Waals surface area contributed by atoms with Crippen LogP contribution in [-0.2, 0) is 0 Å². The van der Waals surface area contributed by atoms with E-state index in [0.29, 0.717) is 95.8 Å². The van der Waals surface area contributed by atoms with Crippen molar-refractivity contribution in [3.8, 4) is 34.5 Å². The van der Waals surface area contributed by atoms with Crippen molar-refractivity contribution in [2.24, 2.45) is 11.7 Å². The number of hydrogen-bond donors (Lipinski definition) is 2. The molecule has 13 nitrogen and oxygen atoms in total. The van der Waals surface area contributed by atoms with E-state index in [-0.39, 0.29) is 11.8 Å². The molecule has 4 aromatic rings. The Morgan fingerprint density at radius 3 is 1.65 bits per heavy atom. The molecule has 2 amide bonds. The summed E-state index contributed by atoms with van der Waals surface area (Å²) >= 11 is 0. The van der Waals surface area contributed by atoms with Gasteiger partial charge in [0.25, 0.3) is 11.8 Å². The van der Waals surface area contributed by atoms with Crippen LogP contribution in [0.3, 0.4) is 0 Å². The van der Waals surface area contributed by atoms with Crippen LogP contribution in [0.25, 0.3) is 12.2 Å². The Hall–Kier alpha value is -6.02. The van der Waals surface area contributed by atoms with E-state index in [2.05, 4.69) is 60.5 Å². The molecule has 0 bridgehead atoms. The summed E-state index contributed by atoms with van der Waals surface area (Å²) in [6, 6.07) is 28.6. The van der Waals surface area contributed by atoms with Gasteiger partial charge in [0.1, 0.15) is 0 Å². The van der Waals surface area contributed by atoms with Gasteiger partial charge in [-0.25, -0.2) is 0 Å². The lowest BCUT2D eigenvalue weighted by Gasteiger charge is -2.35. The van der Waals surface area contributed by atoms with Gasteiger partial charge in [-0.3, -0.25) is 14.5 Å². The highest BCUT2D eigenvalue weighted by molar-refractivity contribution is 5.97. The normalized spacial score (nSPS) is 22.0. The average Bonchev–Trinajstić information content (AvgIpc) is 4.17. The van der Waals surface area contributed by atoms with E-state index in [1.165, 1.54) is 19.3 Å². The number of amides is 2. The minimum Gasteiger partial charge on any atom is -0.493 e. The van der Waals surface area contributed by atoms with Gasteiger partial charge >= 0.3 is 0 Å². The van der Waals surface area contributed by atoms with Gasteiger partial charge in [0.05, 0.1) is 14.2 Å². The molecule has 4 aliphatic heterocycles. The van der Waals surface area contributed by atoms with Crippen LogP contribution in [0.15, 0.2) is 96.1 Å². The van der Waals surface area contributed by atoms with Crippen molar-refractivity contribution < 1.29 is 38.0 Å². The number of fused-ring (bicyclic) bond motifs is 2. The molecule has 2 atom stereocenters. The number of nitrogens with one attached hydrogen (secondary N) is 1. The second-order valence-electron chi connectivity index (χ2n) is 21.3. The number of ether oxygens (including phenoxy) is 6.